The molecule has 1 heterocycles. The number of hydrogen-bond acceptors (Lipinski definition) is 7. The minimum absolute atomic E-state index is 0.0220. The highest BCUT2D eigenvalue weighted by molar-refractivity contribution is 7.99. The molecule has 27 heavy (non-hydrogen) atoms. The smallest absolute Gasteiger partial charge is 0.277 e. The molecule has 1 N–H and O–H groups in total. The summed E-state index contributed by atoms with van der Waals surface area (Å²) >= 11 is 1.05. The number of ether oxygens (including phenoxy) is 1. The van der Waals surface area contributed by atoms with Gasteiger partial charge in [-0.2, -0.15) is 5.26 Å². The highest BCUT2D eigenvalue weighted by Crippen LogP contribution is 2.25. The Balaban J connectivity index is 1.91. The van der Waals surface area contributed by atoms with Gasteiger partial charge in [0.15, 0.2) is 17.7 Å². The molecule has 9 heteroatoms. The van der Waals surface area contributed by atoms with E-state index in [4.69, 9.17) is 9.15 Å². The van der Waals surface area contributed by atoms with Crippen LogP contribution < -0.4 is 10.1 Å². The van der Waals surface area contributed by atoms with Gasteiger partial charge in [0.1, 0.15) is 5.54 Å². The number of aromatic nitrogens is 2. The van der Waals surface area contributed by atoms with E-state index in [-0.39, 0.29) is 34.4 Å². The summed E-state index contributed by atoms with van der Waals surface area (Å²) in [7, 11) is 0. The van der Waals surface area contributed by atoms with Crippen LogP contribution in [0.3, 0.4) is 0 Å². The van der Waals surface area contributed by atoms with Crippen LogP contribution in [0.2, 0.25) is 0 Å². The second kappa shape index (κ2) is 8.86. The van der Waals surface area contributed by atoms with Crippen molar-refractivity contribution in [3.8, 4) is 11.8 Å². The number of nitrogens with zero attached hydrogens (tertiary/aromatic N) is 3. The molecule has 7 nitrogen and oxygen atoms in total. The molecule has 0 aliphatic rings. The summed E-state index contributed by atoms with van der Waals surface area (Å²) in [5.41, 5.74) is -0.945. The maximum atomic E-state index is 13.6. The molecule has 0 unspecified atom stereocenters. The molecule has 0 fully saturated rings. The van der Waals surface area contributed by atoms with Crippen molar-refractivity contribution < 1.29 is 18.3 Å². The first-order valence-electron chi connectivity index (χ1n) is 8.35. The van der Waals surface area contributed by atoms with Crippen LogP contribution in [0.5, 0.6) is 5.75 Å². The van der Waals surface area contributed by atoms with E-state index in [1.807, 2.05) is 13.8 Å². The Morgan fingerprint density at radius 2 is 2.11 bits per heavy atom. The van der Waals surface area contributed by atoms with Gasteiger partial charge >= 0.3 is 0 Å². The predicted octanol–water partition coefficient (Wildman–Crippen LogP) is 3.50. The fourth-order valence-electron chi connectivity index (χ4n) is 1.98. The van der Waals surface area contributed by atoms with Gasteiger partial charge in [-0.05, 0) is 31.9 Å². The van der Waals surface area contributed by atoms with Crippen molar-refractivity contribution in [1.29, 1.82) is 5.26 Å². The molecule has 0 spiro atoms. The van der Waals surface area contributed by atoms with Gasteiger partial charge < -0.3 is 14.5 Å². The van der Waals surface area contributed by atoms with E-state index in [2.05, 4.69) is 21.6 Å². The largest absolute Gasteiger partial charge is 0.478 e. The number of nitriles is 1. The normalized spacial score (nSPS) is 14.3. The molecule has 0 saturated heterocycles. The third-order valence-corrected chi connectivity index (χ3v) is 4.84. The summed E-state index contributed by atoms with van der Waals surface area (Å²) < 4.78 is 24.6. The van der Waals surface area contributed by atoms with Gasteiger partial charge in [-0.25, -0.2) is 4.39 Å². The Bertz CT molecular complexity index is 836. The van der Waals surface area contributed by atoms with Crippen molar-refractivity contribution in [3.63, 3.8) is 0 Å². The van der Waals surface area contributed by atoms with Crippen molar-refractivity contribution in [1.82, 2.24) is 15.5 Å². The molecular formula is C18H21FN4O3S. The van der Waals surface area contributed by atoms with Crippen LogP contribution in [0.25, 0.3) is 0 Å². The first-order chi connectivity index (χ1) is 12.7. The molecular weight excluding hydrogens is 371 g/mol. The number of carbonyl (C=O) groups excluding carboxylic acids is 1. The van der Waals surface area contributed by atoms with Gasteiger partial charge in [0.2, 0.25) is 5.91 Å². The Morgan fingerprint density at radius 3 is 2.74 bits per heavy atom. The van der Waals surface area contributed by atoms with Crippen molar-refractivity contribution in [2.45, 2.75) is 44.6 Å². The number of hydrogen-bond donors (Lipinski definition) is 1. The summed E-state index contributed by atoms with van der Waals surface area (Å²) in [5, 5.41) is 19.9. The molecule has 0 saturated carbocycles. The lowest BCUT2D eigenvalue weighted by Crippen LogP contribution is -2.49. The number of halogens is 1. The molecule has 0 aliphatic heterocycles. The summed E-state index contributed by atoms with van der Waals surface area (Å²) in [6.07, 6.45) is -0.652. The SMILES string of the molecule is CC(C)[C@@](C)(C#N)NC(=O)CSc1nnc([C@@H](C)Oc2ccccc2F)o1. The zero-order chi connectivity index (χ0) is 20.0. The average molecular weight is 392 g/mol. The Hall–Kier alpha value is -2.60. The van der Waals surface area contributed by atoms with Crippen LogP contribution in [0, 0.1) is 23.1 Å². The highest BCUT2D eigenvalue weighted by Gasteiger charge is 2.30. The van der Waals surface area contributed by atoms with E-state index < -0.39 is 17.5 Å². The van der Waals surface area contributed by atoms with Crippen LogP contribution in [0.1, 0.15) is 39.7 Å². The fourth-order valence-corrected chi connectivity index (χ4v) is 2.55. The molecule has 2 rings (SSSR count). The minimum Gasteiger partial charge on any atom is -0.478 e. The van der Waals surface area contributed by atoms with Gasteiger partial charge in [0.05, 0.1) is 11.8 Å². The molecule has 0 radical (unpaired) electrons. The van der Waals surface area contributed by atoms with Crippen LogP contribution >= 0.6 is 11.8 Å². The highest BCUT2D eigenvalue weighted by atomic mass is 32.2. The average Bonchev–Trinajstić information content (AvgIpc) is 3.11. The maximum Gasteiger partial charge on any atom is 0.277 e. The molecule has 0 bridgehead atoms. The number of para-hydroxylation sites is 1. The van der Waals surface area contributed by atoms with E-state index >= 15 is 0 Å². The number of amides is 1. The zero-order valence-electron chi connectivity index (χ0n) is 15.5. The third-order valence-electron chi connectivity index (χ3n) is 4.02. The van der Waals surface area contributed by atoms with Gasteiger partial charge in [0, 0.05) is 0 Å². The molecule has 2 aromatic rings. The molecule has 1 aromatic heterocycles. The number of benzene rings is 1. The second-order valence-electron chi connectivity index (χ2n) is 6.40. The van der Waals surface area contributed by atoms with E-state index in [1.54, 1.807) is 26.0 Å². The van der Waals surface area contributed by atoms with Crippen LogP contribution in [0.15, 0.2) is 33.9 Å². The minimum atomic E-state index is -0.945. The van der Waals surface area contributed by atoms with E-state index in [0.717, 1.165) is 11.8 Å². The summed E-state index contributed by atoms with van der Waals surface area (Å²) in [6.45, 7) is 7.05. The molecule has 2 atom stereocenters. The predicted molar refractivity (Wildman–Crippen MR) is 97.5 cm³/mol. The summed E-state index contributed by atoms with van der Waals surface area (Å²) in [6, 6.07) is 8.13. The standard InChI is InChI=1S/C18H21FN4O3S/c1-11(2)18(4,10-20)21-15(24)9-27-17-23-22-16(26-17)12(3)25-14-8-6-5-7-13(14)19/h5-8,11-12H,9H2,1-4H3,(H,21,24)/t12-,18-/m1/s1. The van der Waals surface area contributed by atoms with Crippen molar-refractivity contribution in [2.24, 2.45) is 5.92 Å². The molecule has 1 amide bonds. The number of rotatable bonds is 8. The maximum absolute atomic E-state index is 13.6. The van der Waals surface area contributed by atoms with Gasteiger partial charge in [-0.1, -0.05) is 37.7 Å². The summed E-state index contributed by atoms with van der Waals surface area (Å²) in [4.78, 5) is 12.1. The first-order valence-corrected chi connectivity index (χ1v) is 9.33. The monoisotopic (exact) mass is 392 g/mol. The van der Waals surface area contributed by atoms with Crippen molar-refractivity contribution in [2.75, 3.05) is 5.75 Å². The third kappa shape index (κ3) is 5.44. The van der Waals surface area contributed by atoms with Gasteiger partial charge in [-0.3, -0.25) is 4.79 Å². The van der Waals surface area contributed by atoms with E-state index in [1.165, 1.54) is 12.1 Å². The first kappa shape index (κ1) is 20.7. The second-order valence-corrected chi connectivity index (χ2v) is 7.33. The molecule has 1 aromatic carbocycles. The lowest BCUT2D eigenvalue weighted by molar-refractivity contribution is -0.120. The van der Waals surface area contributed by atoms with Crippen LogP contribution in [-0.4, -0.2) is 27.4 Å². The van der Waals surface area contributed by atoms with Gasteiger partial charge in [0.25, 0.3) is 11.1 Å². The fraction of sp³-hybridized carbons (Fsp3) is 0.444. The van der Waals surface area contributed by atoms with Crippen LogP contribution in [-0.2, 0) is 4.79 Å². The topological polar surface area (TPSA) is 101 Å². The Morgan fingerprint density at radius 1 is 1.41 bits per heavy atom. The number of carbonyl (C=O) groups is 1. The zero-order valence-corrected chi connectivity index (χ0v) is 16.3. The van der Waals surface area contributed by atoms with Crippen LogP contribution in [0.4, 0.5) is 4.39 Å². The number of thioether (sulfide) groups is 1. The Labute approximate surface area is 161 Å². The van der Waals surface area contributed by atoms with E-state index in [9.17, 15) is 14.4 Å². The summed E-state index contributed by atoms with van der Waals surface area (Å²) in [5.74, 6) is -0.558. The lowest BCUT2D eigenvalue weighted by Gasteiger charge is -2.27. The number of nitrogens with one attached hydrogen (secondary N) is 1. The van der Waals surface area contributed by atoms with Crippen molar-refractivity contribution in [3.05, 3.63) is 36.0 Å². The van der Waals surface area contributed by atoms with E-state index in [0.29, 0.717) is 0 Å². The quantitative estimate of drug-likeness (QED) is 0.686. The Kier molecular flexibility index (Phi) is 6.80. The van der Waals surface area contributed by atoms with Gasteiger partial charge in [-0.15, -0.1) is 10.2 Å². The van der Waals surface area contributed by atoms with Crippen molar-refractivity contribution >= 4 is 17.7 Å². The molecule has 0 aliphatic carbocycles. The lowest BCUT2D eigenvalue weighted by atomic mass is 9.90. The molecule has 144 valence electrons.